The van der Waals surface area contributed by atoms with Crippen molar-refractivity contribution in [2.75, 3.05) is 0 Å². The lowest BCUT2D eigenvalue weighted by molar-refractivity contribution is 0.299. The van der Waals surface area contributed by atoms with Crippen LogP contribution in [-0.2, 0) is 0 Å². The number of nitrogens with zero attached hydrogens (tertiary/aromatic N) is 2. The highest BCUT2D eigenvalue weighted by Gasteiger charge is 2.25. The monoisotopic (exact) mass is 308 g/mol. The normalized spacial score (nSPS) is 21.3. The van der Waals surface area contributed by atoms with Crippen molar-refractivity contribution in [2.45, 2.75) is 64.2 Å². The molecule has 0 spiro atoms. The van der Waals surface area contributed by atoms with Gasteiger partial charge in [0.25, 0.3) is 0 Å². The maximum atomic E-state index is 4.53. The second-order valence-corrected chi connectivity index (χ2v) is 6.91. The first-order valence-corrected chi connectivity index (χ1v) is 9.25. The molecule has 1 aromatic heterocycles. The average molecular weight is 308 g/mol. The summed E-state index contributed by atoms with van der Waals surface area (Å²) in [6.45, 7) is 2.29. The molecule has 0 saturated heterocycles. The Labute approximate surface area is 140 Å². The van der Waals surface area contributed by atoms with Gasteiger partial charge in [-0.1, -0.05) is 62.9 Å². The molecule has 1 aromatic carbocycles. The second kappa shape index (κ2) is 8.24. The van der Waals surface area contributed by atoms with E-state index in [2.05, 4.69) is 53.5 Å². The predicted octanol–water partition coefficient (Wildman–Crippen LogP) is 6.00. The number of hydrogen-bond acceptors (Lipinski definition) is 2. The quantitative estimate of drug-likeness (QED) is 0.612. The topological polar surface area (TPSA) is 25.8 Å². The summed E-state index contributed by atoms with van der Waals surface area (Å²) in [5.74, 6) is 1.52. The molecule has 3 rings (SSSR count). The standard InChI is InChI=1S/C21H28N2/c1-2-3-5-8-17-11-13-19(14-12-17)21-20(15-16-22-23-21)18-9-6-4-7-10-18/h4,6-7,9-10,15-17,19H,2-3,5,8,11-14H2,1H3. The summed E-state index contributed by atoms with van der Waals surface area (Å²) in [5.41, 5.74) is 3.75. The fourth-order valence-electron chi connectivity index (χ4n) is 3.91. The van der Waals surface area contributed by atoms with E-state index in [-0.39, 0.29) is 0 Å². The molecular formula is C21H28N2. The van der Waals surface area contributed by atoms with Crippen LogP contribution in [0.5, 0.6) is 0 Å². The van der Waals surface area contributed by atoms with Crippen molar-refractivity contribution in [1.82, 2.24) is 10.2 Å². The van der Waals surface area contributed by atoms with Crippen LogP contribution in [0.25, 0.3) is 11.1 Å². The molecule has 0 aliphatic heterocycles. The van der Waals surface area contributed by atoms with Crippen LogP contribution in [-0.4, -0.2) is 10.2 Å². The van der Waals surface area contributed by atoms with Crippen LogP contribution in [0.4, 0.5) is 0 Å². The Morgan fingerprint density at radius 2 is 1.74 bits per heavy atom. The van der Waals surface area contributed by atoms with Crippen molar-refractivity contribution in [3.63, 3.8) is 0 Å². The third-order valence-electron chi connectivity index (χ3n) is 5.28. The van der Waals surface area contributed by atoms with Gasteiger partial charge < -0.3 is 0 Å². The minimum Gasteiger partial charge on any atom is -0.159 e. The molecule has 122 valence electrons. The Kier molecular flexibility index (Phi) is 5.79. The smallest absolute Gasteiger partial charge is 0.0740 e. The van der Waals surface area contributed by atoms with Crippen molar-refractivity contribution >= 4 is 0 Å². The van der Waals surface area contributed by atoms with Gasteiger partial charge in [0.1, 0.15) is 0 Å². The van der Waals surface area contributed by atoms with E-state index in [0.717, 1.165) is 5.92 Å². The van der Waals surface area contributed by atoms with Crippen LogP contribution < -0.4 is 0 Å². The van der Waals surface area contributed by atoms with E-state index in [4.69, 9.17) is 0 Å². The van der Waals surface area contributed by atoms with E-state index in [1.54, 1.807) is 0 Å². The van der Waals surface area contributed by atoms with Gasteiger partial charge in [0.2, 0.25) is 0 Å². The third kappa shape index (κ3) is 4.19. The van der Waals surface area contributed by atoms with Gasteiger partial charge in [-0.05, 0) is 43.2 Å². The van der Waals surface area contributed by atoms with Gasteiger partial charge in [0.05, 0.1) is 11.9 Å². The van der Waals surface area contributed by atoms with Gasteiger partial charge in [0.15, 0.2) is 0 Å². The van der Waals surface area contributed by atoms with Crippen molar-refractivity contribution in [2.24, 2.45) is 5.92 Å². The highest BCUT2D eigenvalue weighted by Crippen LogP contribution is 2.39. The largest absolute Gasteiger partial charge is 0.159 e. The Morgan fingerprint density at radius 1 is 0.957 bits per heavy atom. The number of aromatic nitrogens is 2. The molecule has 0 amide bonds. The zero-order valence-corrected chi connectivity index (χ0v) is 14.2. The van der Waals surface area contributed by atoms with Crippen LogP contribution in [0.2, 0.25) is 0 Å². The van der Waals surface area contributed by atoms with Crippen molar-refractivity contribution in [3.8, 4) is 11.1 Å². The SMILES string of the molecule is CCCCCC1CCC(c2nnccc2-c2ccccc2)CC1. The molecule has 1 aliphatic carbocycles. The Bertz CT molecular complexity index is 586. The fraction of sp³-hybridized carbons (Fsp3) is 0.524. The Morgan fingerprint density at radius 3 is 2.48 bits per heavy atom. The summed E-state index contributed by atoms with van der Waals surface area (Å²) >= 11 is 0. The molecule has 0 unspecified atom stereocenters. The zero-order valence-electron chi connectivity index (χ0n) is 14.2. The molecule has 23 heavy (non-hydrogen) atoms. The Balaban J connectivity index is 1.67. The molecule has 0 N–H and O–H groups in total. The van der Waals surface area contributed by atoms with E-state index in [1.807, 2.05) is 6.20 Å². The van der Waals surface area contributed by atoms with Crippen LogP contribution in [0.15, 0.2) is 42.6 Å². The lowest BCUT2D eigenvalue weighted by Crippen LogP contribution is -2.15. The molecule has 1 fully saturated rings. The molecule has 1 heterocycles. The lowest BCUT2D eigenvalue weighted by Gasteiger charge is -2.29. The summed E-state index contributed by atoms with van der Waals surface area (Å²) in [6, 6.07) is 12.8. The lowest BCUT2D eigenvalue weighted by atomic mass is 9.77. The van der Waals surface area contributed by atoms with Gasteiger partial charge >= 0.3 is 0 Å². The number of hydrogen-bond donors (Lipinski definition) is 0. The highest BCUT2D eigenvalue weighted by molar-refractivity contribution is 5.65. The first-order chi connectivity index (χ1) is 11.4. The fourth-order valence-corrected chi connectivity index (χ4v) is 3.91. The molecular weight excluding hydrogens is 280 g/mol. The summed E-state index contributed by atoms with van der Waals surface area (Å²) in [5, 5.41) is 8.70. The first kappa shape index (κ1) is 16.2. The minimum atomic E-state index is 0.585. The average Bonchev–Trinajstić information content (AvgIpc) is 2.63. The van der Waals surface area contributed by atoms with Crippen molar-refractivity contribution in [3.05, 3.63) is 48.3 Å². The van der Waals surface area contributed by atoms with Crippen molar-refractivity contribution in [1.29, 1.82) is 0 Å². The molecule has 1 aliphatic rings. The van der Waals surface area contributed by atoms with Gasteiger partial charge in [0, 0.05) is 11.5 Å². The molecule has 2 aromatic rings. The van der Waals surface area contributed by atoms with Crippen molar-refractivity contribution < 1.29 is 0 Å². The number of benzene rings is 1. The summed E-state index contributed by atoms with van der Waals surface area (Å²) < 4.78 is 0. The molecule has 1 saturated carbocycles. The van der Waals surface area contributed by atoms with Gasteiger partial charge in [-0.15, -0.1) is 0 Å². The number of rotatable bonds is 6. The molecule has 0 radical (unpaired) electrons. The first-order valence-electron chi connectivity index (χ1n) is 9.25. The highest BCUT2D eigenvalue weighted by atomic mass is 15.1. The summed E-state index contributed by atoms with van der Waals surface area (Å²) in [4.78, 5) is 0. The summed E-state index contributed by atoms with van der Waals surface area (Å²) in [6.07, 6.45) is 12.6. The van der Waals surface area contributed by atoms with Crippen LogP contribution in [0, 0.1) is 5.92 Å². The third-order valence-corrected chi connectivity index (χ3v) is 5.28. The maximum absolute atomic E-state index is 4.53. The molecule has 0 atom stereocenters. The van der Waals surface area contributed by atoms with Crippen LogP contribution >= 0.6 is 0 Å². The van der Waals surface area contributed by atoms with E-state index in [9.17, 15) is 0 Å². The Hall–Kier alpha value is -1.70. The second-order valence-electron chi connectivity index (χ2n) is 6.91. The minimum absolute atomic E-state index is 0.585. The van der Waals surface area contributed by atoms with E-state index >= 15 is 0 Å². The summed E-state index contributed by atoms with van der Waals surface area (Å²) in [7, 11) is 0. The number of unbranched alkanes of at least 4 members (excludes halogenated alkanes) is 2. The van der Waals surface area contributed by atoms with E-state index in [1.165, 1.54) is 68.2 Å². The van der Waals surface area contributed by atoms with E-state index in [0.29, 0.717) is 5.92 Å². The molecule has 2 nitrogen and oxygen atoms in total. The van der Waals surface area contributed by atoms with Gasteiger partial charge in [-0.3, -0.25) is 0 Å². The molecule has 2 heteroatoms. The van der Waals surface area contributed by atoms with E-state index < -0.39 is 0 Å². The molecule has 0 bridgehead atoms. The predicted molar refractivity (Wildman–Crippen MR) is 96.3 cm³/mol. The van der Waals surface area contributed by atoms with Crippen LogP contribution in [0.3, 0.4) is 0 Å². The van der Waals surface area contributed by atoms with Gasteiger partial charge in [-0.25, -0.2) is 0 Å². The van der Waals surface area contributed by atoms with Gasteiger partial charge in [-0.2, -0.15) is 10.2 Å². The maximum Gasteiger partial charge on any atom is 0.0740 e. The zero-order chi connectivity index (χ0) is 15.9. The van der Waals surface area contributed by atoms with Crippen LogP contribution in [0.1, 0.15) is 69.9 Å².